The first-order valence-corrected chi connectivity index (χ1v) is 14.3. The second kappa shape index (κ2) is 11.7. The molecule has 1 fully saturated rings. The normalized spacial score (nSPS) is 19.8. The number of fused-ring (bicyclic) bond motifs is 1. The predicted molar refractivity (Wildman–Crippen MR) is 150 cm³/mol. The van der Waals surface area contributed by atoms with Crippen LogP contribution in [-0.4, -0.2) is 65.4 Å². The monoisotopic (exact) mass is 534 g/mol. The van der Waals surface area contributed by atoms with Crippen molar-refractivity contribution in [2.75, 3.05) is 38.0 Å². The molecule has 2 aromatic carbocycles. The molecule has 0 radical (unpaired) electrons. The summed E-state index contributed by atoms with van der Waals surface area (Å²) in [7, 11) is 0. The highest BCUT2D eigenvalue weighted by Gasteiger charge is 2.32. The van der Waals surface area contributed by atoms with Gasteiger partial charge >= 0.3 is 6.03 Å². The number of hydrogen-bond acceptors (Lipinski definition) is 4. The number of nitrogens with zero attached hydrogens (tertiary/aromatic N) is 3. The van der Waals surface area contributed by atoms with Crippen LogP contribution in [0.25, 0.3) is 0 Å². The number of piperazine rings is 1. The first kappa shape index (κ1) is 26.4. The van der Waals surface area contributed by atoms with Crippen molar-refractivity contribution in [1.82, 2.24) is 14.7 Å². The molecule has 2 aliphatic rings. The van der Waals surface area contributed by atoms with Gasteiger partial charge in [-0.3, -0.25) is 9.69 Å². The first-order chi connectivity index (χ1) is 18.4. The molecule has 3 aromatic rings. The van der Waals surface area contributed by atoms with E-state index >= 15 is 0 Å². The summed E-state index contributed by atoms with van der Waals surface area (Å²) < 4.78 is 14.1. The molecule has 0 saturated carbocycles. The fourth-order valence-corrected chi connectivity index (χ4v) is 6.48. The Labute approximate surface area is 228 Å². The number of carbonyl (C=O) groups is 2. The highest BCUT2D eigenvalue weighted by Crippen LogP contribution is 2.38. The average Bonchev–Trinajstić information content (AvgIpc) is 3.40. The van der Waals surface area contributed by atoms with Crippen molar-refractivity contribution in [3.8, 4) is 0 Å². The average molecular weight is 535 g/mol. The van der Waals surface area contributed by atoms with Crippen LogP contribution >= 0.6 is 11.3 Å². The number of thiophene rings is 1. The zero-order chi connectivity index (χ0) is 26.6. The Morgan fingerprint density at radius 1 is 1.08 bits per heavy atom. The minimum absolute atomic E-state index is 0.0423. The van der Waals surface area contributed by atoms with Crippen LogP contribution in [0.1, 0.15) is 47.9 Å². The summed E-state index contributed by atoms with van der Waals surface area (Å²) in [4.78, 5) is 33.4. The Balaban J connectivity index is 1.17. The summed E-state index contributed by atoms with van der Waals surface area (Å²) in [6.45, 7) is 7.08. The fraction of sp³-hybridized carbons (Fsp3) is 0.400. The van der Waals surface area contributed by atoms with Gasteiger partial charge in [0, 0.05) is 55.8 Å². The van der Waals surface area contributed by atoms with Crippen molar-refractivity contribution >= 4 is 29.0 Å². The summed E-state index contributed by atoms with van der Waals surface area (Å²) in [6.07, 6.45) is 2.30. The van der Waals surface area contributed by atoms with Gasteiger partial charge in [-0.15, -0.1) is 11.3 Å². The van der Waals surface area contributed by atoms with Crippen LogP contribution in [0.3, 0.4) is 0 Å². The van der Waals surface area contributed by atoms with Gasteiger partial charge in [0.2, 0.25) is 5.91 Å². The number of halogens is 1. The maximum absolute atomic E-state index is 14.1. The molecule has 200 valence electrons. The van der Waals surface area contributed by atoms with Gasteiger partial charge in [0.05, 0.1) is 6.04 Å². The van der Waals surface area contributed by atoms with E-state index in [1.807, 2.05) is 42.2 Å². The summed E-state index contributed by atoms with van der Waals surface area (Å²) >= 11 is 1.75. The molecule has 0 aliphatic carbocycles. The Kier molecular flexibility index (Phi) is 8.09. The molecular formula is C30H35FN4O2S. The van der Waals surface area contributed by atoms with Crippen molar-refractivity contribution in [2.24, 2.45) is 0 Å². The van der Waals surface area contributed by atoms with E-state index in [-0.39, 0.29) is 29.8 Å². The van der Waals surface area contributed by atoms with Crippen molar-refractivity contribution in [3.63, 3.8) is 0 Å². The summed E-state index contributed by atoms with van der Waals surface area (Å²) in [5.41, 5.74) is 4.15. The van der Waals surface area contributed by atoms with E-state index in [1.165, 1.54) is 22.1 Å². The van der Waals surface area contributed by atoms with Gasteiger partial charge in [0.15, 0.2) is 0 Å². The van der Waals surface area contributed by atoms with Gasteiger partial charge in [0.1, 0.15) is 5.82 Å². The Bertz CT molecular complexity index is 1280. The van der Waals surface area contributed by atoms with Crippen LogP contribution in [0.4, 0.5) is 14.9 Å². The van der Waals surface area contributed by atoms with Crippen LogP contribution in [-0.2, 0) is 17.6 Å². The largest absolute Gasteiger partial charge is 0.339 e. The second-order valence-electron chi connectivity index (χ2n) is 10.2. The number of urea groups is 1. The second-order valence-corrected chi connectivity index (χ2v) is 11.2. The highest BCUT2D eigenvalue weighted by atomic mass is 32.1. The molecule has 0 spiro atoms. The molecule has 6 nitrogen and oxygen atoms in total. The lowest BCUT2D eigenvalue weighted by Gasteiger charge is -2.40. The zero-order valence-electron chi connectivity index (χ0n) is 22.0. The van der Waals surface area contributed by atoms with Gasteiger partial charge in [-0.1, -0.05) is 31.2 Å². The molecule has 0 bridgehead atoms. The molecule has 8 heteroatoms. The molecule has 1 N–H and O–H groups in total. The maximum atomic E-state index is 14.1. The third kappa shape index (κ3) is 5.76. The Hall–Kier alpha value is -3.23. The van der Waals surface area contributed by atoms with Crippen LogP contribution in [0.15, 0.2) is 60.0 Å². The summed E-state index contributed by atoms with van der Waals surface area (Å²) in [6, 6.07) is 16.6. The minimum atomic E-state index is -0.241. The lowest BCUT2D eigenvalue weighted by atomic mass is 9.93. The molecule has 1 aromatic heterocycles. The van der Waals surface area contributed by atoms with Crippen LogP contribution in [0.5, 0.6) is 0 Å². The molecule has 2 atom stereocenters. The zero-order valence-corrected chi connectivity index (χ0v) is 22.8. The van der Waals surface area contributed by atoms with Gasteiger partial charge in [-0.2, -0.15) is 0 Å². The lowest BCUT2D eigenvalue weighted by molar-refractivity contribution is -0.134. The van der Waals surface area contributed by atoms with Gasteiger partial charge in [-0.25, -0.2) is 9.18 Å². The molecule has 2 aliphatic heterocycles. The molecular weight excluding hydrogens is 499 g/mol. The summed E-state index contributed by atoms with van der Waals surface area (Å²) in [5, 5.41) is 5.09. The molecule has 5 rings (SSSR count). The number of carbonyl (C=O) groups excluding carboxylic acids is 2. The number of aryl methyl sites for hydroxylation is 1. The van der Waals surface area contributed by atoms with Gasteiger partial charge < -0.3 is 15.1 Å². The van der Waals surface area contributed by atoms with Crippen LogP contribution in [0, 0.1) is 5.82 Å². The standard InChI is InChI=1S/C30H35FN4O2S/c1-3-22-7-9-25(10-8-22)32-30(37)35-17-16-34(20-21(35)2)28(36)12-15-33-14-11-27-26(13-18-38-27)29(33)23-5-4-6-24(31)19-23/h4-10,13,18-19,21,29H,3,11-12,14-17,20H2,1-2H3,(H,32,37)/t21-,29-/m1/s1. The smallest absolute Gasteiger partial charge is 0.322 e. The van der Waals surface area contributed by atoms with E-state index < -0.39 is 0 Å². The summed E-state index contributed by atoms with van der Waals surface area (Å²) in [5.74, 6) is -0.143. The van der Waals surface area contributed by atoms with E-state index in [2.05, 4.69) is 28.6 Å². The van der Waals surface area contributed by atoms with Gasteiger partial charge in [0.25, 0.3) is 0 Å². The molecule has 0 unspecified atom stereocenters. The molecule has 38 heavy (non-hydrogen) atoms. The number of rotatable bonds is 6. The SMILES string of the molecule is CCc1ccc(NC(=O)N2CCN(C(=O)CCN3CCc4sccc4[C@H]3c3cccc(F)c3)C[C@H]2C)cc1. The Morgan fingerprint density at radius 3 is 2.63 bits per heavy atom. The van der Waals surface area contributed by atoms with E-state index in [0.717, 1.165) is 30.6 Å². The Morgan fingerprint density at radius 2 is 1.89 bits per heavy atom. The fourth-order valence-electron chi connectivity index (χ4n) is 5.58. The molecule has 3 heterocycles. The number of amides is 3. The maximum Gasteiger partial charge on any atom is 0.322 e. The van der Waals surface area contributed by atoms with E-state index in [9.17, 15) is 14.0 Å². The van der Waals surface area contributed by atoms with Crippen molar-refractivity contribution < 1.29 is 14.0 Å². The number of benzene rings is 2. The predicted octanol–water partition coefficient (Wildman–Crippen LogP) is 5.55. The molecule has 1 saturated heterocycles. The van der Waals surface area contributed by atoms with Crippen molar-refractivity contribution in [2.45, 2.75) is 45.2 Å². The lowest BCUT2D eigenvalue weighted by Crippen LogP contribution is -2.56. The van der Waals surface area contributed by atoms with Crippen LogP contribution in [0.2, 0.25) is 0 Å². The van der Waals surface area contributed by atoms with E-state index in [1.54, 1.807) is 28.4 Å². The van der Waals surface area contributed by atoms with Gasteiger partial charge in [-0.05, 0) is 72.2 Å². The topological polar surface area (TPSA) is 55.9 Å². The van der Waals surface area contributed by atoms with Crippen molar-refractivity contribution in [3.05, 3.63) is 87.4 Å². The number of hydrogen-bond donors (Lipinski definition) is 1. The third-order valence-electron chi connectivity index (χ3n) is 7.70. The van der Waals surface area contributed by atoms with E-state index in [4.69, 9.17) is 0 Å². The van der Waals surface area contributed by atoms with Crippen LogP contribution < -0.4 is 5.32 Å². The van der Waals surface area contributed by atoms with Crippen molar-refractivity contribution in [1.29, 1.82) is 0 Å². The van der Waals surface area contributed by atoms with E-state index in [0.29, 0.717) is 32.6 Å². The first-order valence-electron chi connectivity index (χ1n) is 13.4. The minimum Gasteiger partial charge on any atom is -0.339 e. The molecule has 3 amide bonds. The quantitative estimate of drug-likeness (QED) is 0.451. The number of nitrogens with one attached hydrogen (secondary N) is 1. The highest BCUT2D eigenvalue weighted by molar-refractivity contribution is 7.10. The number of anilines is 1. The third-order valence-corrected chi connectivity index (χ3v) is 8.69.